The van der Waals surface area contributed by atoms with E-state index < -0.39 is 21.5 Å². The van der Waals surface area contributed by atoms with Crippen molar-refractivity contribution in [3.05, 3.63) is 107 Å². The number of phenolic OH excluding ortho intramolecular Hbond substituents is 1. The number of aromatic hydroxyl groups is 1. The van der Waals surface area contributed by atoms with Crippen LogP contribution < -0.4 is 10.1 Å². The van der Waals surface area contributed by atoms with Crippen molar-refractivity contribution in [1.29, 1.82) is 0 Å². The van der Waals surface area contributed by atoms with Crippen LogP contribution in [-0.2, 0) is 29.7 Å². The molecule has 0 amide bonds. The first-order valence-electron chi connectivity index (χ1n) is 11.8. The first kappa shape index (κ1) is 27.4. The fourth-order valence-electron chi connectivity index (χ4n) is 3.83. The molecule has 3 aromatic rings. The third kappa shape index (κ3) is 8.49. The number of aryl methyl sites for hydroxylation is 1. The van der Waals surface area contributed by atoms with Crippen molar-refractivity contribution in [2.45, 2.75) is 43.8 Å². The van der Waals surface area contributed by atoms with Gasteiger partial charge in [-0.15, -0.1) is 0 Å². The molecule has 0 saturated carbocycles. The Morgan fingerprint density at radius 1 is 0.972 bits per heavy atom. The van der Waals surface area contributed by atoms with Gasteiger partial charge >= 0.3 is 0 Å². The molecule has 3 aromatic carbocycles. The monoisotopic (exact) mass is 511 g/mol. The summed E-state index contributed by atoms with van der Waals surface area (Å²) in [7, 11) is -2.35. The van der Waals surface area contributed by atoms with Crippen molar-refractivity contribution in [1.82, 2.24) is 5.32 Å². The molecule has 0 spiro atoms. The van der Waals surface area contributed by atoms with Crippen LogP contribution in [0.5, 0.6) is 11.5 Å². The number of benzene rings is 3. The molecule has 192 valence electrons. The fraction of sp³-hybridized carbons (Fsp3) is 0.286. The Balaban J connectivity index is 1.53. The molecule has 2 unspecified atom stereocenters. The Labute approximate surface area is 212 Å². The molecule has 0 saturated heterocycles. The number of nitrogens with one attached hydrogen (secondary N) is 1. The van der Waals surface area contributed by atoms with Crippen LogP contribution in [0.1, 0.15) is 41.2 Å². The van der Waals surface area contributed by atoms with E-state index in [-0.39, 0.29) is 18.6 Å². The number of ether oxygens (including phenoxy) is 1. The smallest absolute Gasteiger partial charge is 0.268 e. The van der Waals surface area contributed by atoms with Crippen molar-refractivity contribution < 1.29 is 27.9 Å². The Morgan fingerprint density at radius 3 is 2.28 bits per heavy atom. The second-order valence-electron chi connectivity index (χ2n) is 8.61. The Hall–Kier alpha value is -3.17. The Kier molecular flexibility index (Phi) is 10.1. The molecule has 0 aliphatic rings. The van der Waals surface area contributed by atoms with Crippen molar-refractivity contribution in [2.75, 3.05) is 7.05 Å². The van der Waals surface area contributed by atoms with Crippen LogP contribution >= 0.6 is 0 Å². The number of rotatable bonds is 13. The van der Waals surface area contributed by atoms with Gasteiger partial charge in [0.25, 0.3) is 10.1 Å². The lowest BCUT2D eigenvalue weighted by Gasteiger charge is -2.13. The van der Waals surface area contributed by atoms with Crippen LogP contribution in [0.25, 0.3) is 0 Å². The van der Waals surface area contributed by atoms with Crippen LogP contribution in [0.4, 0.5) is 0 Å². The van der Waals surface area contributed by atoms with Crippen molar-refractivity contribution >= 4 is 10.1 Å². The highest BCUT2D eigenvalue weighted by molar-refractivity contribution is 7.86. The van der Waals surface area contributed by atoms with Gasteiger partial charge in [-0.3, -0.25) is 4.55 Å². The molecular formula is C28H33NO6S. The molecule has 0 aliphatic carbocycles. The molecule has 0 aromatic heterocycles. The Bertz CT molecular complexity index is 1220. The highest BCUT2D eigenvalue weighted by Gasteiger charge is 2.21. The van der Waals surface area contributed by atoms with Gasteiger partial charge in [0.1, 0.15) is 18.1 Å². The van der Waals surface area contributed by atoms with E-state index in [9.17, 15) is 23.2 Å². The lowest BCUT2D eigenvalue weighted by molar-refractivity contribution is 0.228. The van der Waals surface area contributed by atoms with Gasteiger partial charge in [0.2, 0.25) is 0 Å². The second-order valence-corrected chi connectivity index (χ2v) is 10.3. The maximum Gasteiger partial charge on any atom is 0.268 e. The molecule has 0 fully saturated rings. The molecule has 2 atom stereocenters. The maximum atomic E-state index is 11.9. The molecule has 0 radical (unpaired) electrons. The normalized spacial score (nSPS) is 13.5. The van der Waals surface area contributed by atoms with E-state index in [4.69, 9.17) is 4.74 Å². The molecule has 3 rings (SSSR count). The van der Waals surface area contributed by atoms with Gasteiger partial charge in [0.15, 0.2) is 0 Å². The molecular weight excluding hydrogens is 478 g/mol. The first-order valence-corrected chi connectivity index (χ1v) is 13.3. The van der Waals surface area contributed by atoms with Crippen LogP contribution in [0.15, 0.2) is 84.9 Å². The molecule has 0 bridgehead atoms. The zero-order valence-corrected chi connectivity index (χ0v) is 21.1. The number of aliphatic hydroxyl groups is 1. The van der Waals surface area contributed by atoms with Gasteiger partial charge in [-0.05, 0) is 72.8 Å². The second kappa shape index (κ2) is 13.2. The minimum absolute atomic E-state index is 0.0706. The average molecular weight is 512 g/mol. The molecule has 0 heterocycles. The summed E-state index contributed by atoms with van der Waals surface area (Å²) in [5.41, 5.74) is 3.79. The highest BCUT2D eigenvalue weighted by Crippen LogP contribution is 2.21. The van der Waals surface area contributed by atoms with Crippen LogP contribution in [0.3, 0.4) is 0 Å². The molecule has 4 N–H and O–H groups in total. The zero-order valence-electron chi connectivity index (χ0n) is 20.2. The van der Waals surface area contributed by atoms with Crippen molar-refractivity contribution in [2.24, 2.45) is 0 Å². The summed E-state index contributed by atoms with van der Waals surface area (Å²) in [6, 6.07) is 21.7. The lowest BCUT2D eigenvalue weighted by atomic mass is 10.0. The van der Waals surface area contributed by atoms with Crippen LogP contribution in [0, 0.1) is 0 Å². The average Bonchev–Trinajstić information content (AvgIpc) is 2.86. The van der Waals surface area contributed by atoms with E-state index in [1.54, 1.807) is 18.2 Å². The predicted molar refractivity (Wildman–Crippen MR) is 140 cm³/mol. The lowest BCUT2D eigenvalue weighted by Crippen LogP contribution is -2.20. The summed E-state index contributed by atoms with van der Waals surface area (Å²) in [6.07, 6.45) is 2.86. The minimum Gasteiger partial charge on any atom is -0.508 e. The van der Waals surface area contributed by atoms with E-state index in [0.717, 1.165) is 23.4 Å². The summed E-state index contributed by atoms with van der Waals surface area (Å²) in [6.45, 7) is 1.21. The van der Waals surface area contributed by atoms with Gasteiger partial charge in [-0.2, -0.15) is 8.42 Å². The Morgan fingerprint density at radius 2 is 1.64 bits per heavy atom. The van der Waals surface area contributed by atoms with Crippen molar-refractivity contribution in [3.8, 4) is 11.5 Å². The van der Waals surface area contributed by atoms with Gasteiger partial charge in [-0.1, -0.05) is 60.7 Å². The van der Waals surface area contributed by atoms with E-state index in [0.29, 0.717) is 18.6 Å². The third-order valence-corrected chi connectivity index (χ3v) is 7.20. The van der Waals surface area contributed by atoms with Gasteiger partial charge < -0.3 is 20.3 Å². The summed E-state index contributed by atoms with van der Waals surface area (Å²) in [5, 5.41) is 21.7. The number of hydrogen-bond acceptors (Lipinski definition) is 6. The van der Waals surface area contributed by atoms with Gasteiger partial charge in [0.05, 0.1) is 11.4 Å². The number of phenols is 1. The summed E-state index contributed by atoms with van der Waals surface area (Å²) in [4.78, 5) is 0. The molecule has 8 heteroatoms. The van der Waals surface area contributed by atoms with E-state index in [1.807, 2.05) is 49.5 Å². The fourth-order valence-corrected chi connectivity index (χ4v) is 4.60. The number of aliphatic hydroxyl groups excluding tert-OH is 1. The molecule has 0 aliphatic heterocycles. The zero-order chi connectivity index (χ0) is 26.0. The van der Waals surface area contributed by atoms with E-state index in [2.05, 4.69) is 11.4 Å². The third-order valence-electron chi connectivity index (χ3n) is 5.93. The SMILES string of the molecule is CNCc1ccccc1COc1ccc(CCC(CC=CC(O)c2ccc(O)cc2)S(=O)(=O)O)cc1. The maximum absolute atomic E-state index is 11.9. The molecule has 7 nitrogen and oxygen atoms in total. The van der Waals surface area contributed by atoms with Crippen molar-refractivity contribution in [3.63, 3.8) is 0 Å². The number of hydrogen-bond donors (Lipinski definition) is 4. The van der Waals surface area contributed by atoms with Gasteiger partial charge in [-0.25, -0.2) is 0 Å². The van der Waals surface area contributed by atoms with Gasteiger partial charge in [0, 0.05) is 6.54 Å². The van der Waals surface area contributed by atoms with Crippen LogP contribution in [0.2, 0.25) is 0 Å². The standard InChI is InChI=1S/C28H33NO6S/c1-29-19-23-5-2-3-6-24(23)20-35-26-16-9-21(10-17-26)11-18-27(36(32,33)34)7-4-8-28(31)22-12-14-25(30)15-13-22/h2-6,8-10,12-17,27-31H,7,11,18-20H2,1H3,(H,32,33,34). The summed E-state index contributed by atoms with van der Waals surface area (Å²) >= 11 is 0. The van der Waals surface area contributed by atoms with E-state index >= 15 is 0 Å². The summed E-state index contributed by atoms with van der Waals surface area (Å²) in [5.74, 6) is 0.811. The summed E-state index contributed by atoms with van der Waals surface area (Å²) < 4.78 is 39.4. The van der Waals surface area contributed by atoms with E-state index in [1.165, 1.54) is 23.8 Å². The quantitative estimate of drug-likeness (QED) is 0.196. The number of allylic oxidation sites excluding steroid dienone is 1. The molecule has 36 heavy (non-hydrogen) atoms. The highest BCUT2D eigenvalue weighted by atomic mass is 32.2. The topological polar surface area (TPSA) is 116 Å². The van der Waals surface area contributed by atoms with Crippen LogP contribution in [-0.4, -0.2) is 35.5 Å². The first-order chi connectivity index (χ1) is 17.3. The largest absolute Gasteiger partial charge is 0.508 e. The predicted octanol–water partition coefficient (Wildman–Crippen LogP) is 4.56. The minimum atomic E-state index is -4.26.